The number of hydrogen-bond donors (Lipinski definition) is 7. The molecule has 8 N–H and O–H groups in total. The van der Waals surface area contributed by atoms with Crippen LogP contribution in [0.15, 0.2) is 66.7 Å². The molecule has 0 radical (unpaired) electrons. The molecule has 4 heterocycles. The highest BCUT2D eigenvalue weighted by molar-refractivity contribution is 7.52. The van der Waals surface area contributed by atoms with Crippen molar-refractivity contribution in [3.05, 3.63) is 99.4 Å². The third-order valence-electron chi connectivity index (χ3n) is 12.9. The number of fused-ring (bicyclic) bond motifs is 3. The number of imide groups is 1. The van der Waals surface area contributed by atoms with Gasteiger partial charge in [-0.15, -0.1) is 11.3 Å². The van der Waals surface area contributed by atoms with Crippen LogP contribution in [0.2, 0.25) is 0 Å². The average molecular weight is 1040 g/mol. The number of carbonyl (C=O) groups excluding carboxylic acids is 8. The second-order valence-corrected chi connectivity index (χ2v) is 21.4. The van der Waals surface area contributed by atoms with E-state index < -0.39 is 78.4 Å². The molecule has 0 saturated carbocycles. The number of benzene rings is 3. The zero-order chi connectivity index (χ0) is 52.8. The first kappa shape index (κ1) is 53.9. The maximum absolute atomic E-state index is 14.7. The fourth-order valence-corrected chi connectivity index (χ4v) is 10.6. The van der Waals surface area contributed by atoms with Crippen molar-refractivity contribution in [1.82, 2.24) is 26.2 Å². The maximum Gasteiger partial charge on any atom is 0.399 e. The number of nitrogens with zero attached hydrogens (tertiary/aromatic N) is 2. The number of alkyl halides is 2. The molecule has 1 saturated heterocycles. The summed E-state index contributed by atoms with van der Waals surface area (Å²) < 4.78 is 40.9. The van der Waals surface area contributed by atoms with Crippen LogP contribution in [0.4, 0.5) is 14.5 Å². The summed E-state index contributed by atoms with van der Waals surface area (Å²) in [6.45, 7) is 4.15. The number of para-hydroxylation sites is 1. The molecule has 4 aromatic rings. The van der Waals surface area contributed by atoms with Crippen LogP contribution in [0.25, 0.3) is 10.1 Å². The van der Waals surface area contributed by atoms with Gasteiger partial charge in [0.2, 0.25) is 35.4 Å². The first-order chi connectivity index (χ1) is 34.6. The zero-order valence-corrected chi connectivity index (χ0v) is 41.8. The van der Waals surface area contributed by atoms with Crippen molar-refractivity contribution in [3.63, 3.8) is 0 Å². The van der Waals surface area contributed by atoms with Crippen LogP contribution in [-0.4, -0.2) is 92.7 Å². The Balaban J connectivity index is 0.941. The van der Waals surface area contributed by atoms with E-state index in [2.05, 4.69) is 33.1 Å². The third kappa shape index (κ3) is 12.5. The molecule has 386 valence electrons. The molecule has 1 aromatic heterocycles. The molecule has 73 heavy (non-hydrogen) atoms. The highest BCUT2D eigenvalue weighted by Crippen LogP contribution is 2.59. The SMILES string of the molecule is CC(C)C[C@H](NC(=O)c1cc2cc(C(F)(F)P(=O)(O)O)ccc2s1)C(=O)N1c2ccccc2C[C@H]1C(=O)N[C@@H](CCC(N)=O)C(=O)NCCCCCCC#Cc1cccc2c1CN(C1CCC(=O)NC1=O)C2=O. The summed E-state index contributed by atoms with van der Waals surface area (Å²) in [6.07, 6.45) is 3.74. The number of nitrogens with two attached hydrogens (primary N) is 1. The molecule has 4 atom stereocenters. The second kappa shape index (κ2) is 22.9. The largest absolute Gasteiger partial charge is 0.399 e. The van der Waals surface area contributed by atoms with Gasteiger partial charge < -0.3 is 36.4 Å². The van der Waals surface area contributed by atoms with Crippen LogP contribution in [0.5, 0.6) is 0 Å². The molecule has 22 heteroatoms. The lowest BCUT2D eigenvalue weighted by Gasteiger charge is -2.31. The van der Waals surface area contributed by atoms with Crippen molar-refractivity contribution in [1.29, 1.82) is 0 Å². The first-order valence-corrected chi connectivity index (χ1v) is 26.4. The molecule has 3 aliphatic rings. The molecular formula is C51H56F2N7O11PS. The molecule has 3 aliphatic heterocycles. The van der Waals surface area contributed by atoms with E-state index in [0.717, 1.165) is 48.3 Å². The van der Waals surface area contributed by atoms with Crippen molar-refractivity contribution in [2.75, 3.05) is 11.4 Å². The van der Waals surface area contributed by atoms with Crippen LogP contribution in [0.3, 0.4) is 0 Å². The monoisotopic (exact) mass is 1040 g/mol. The number of thiophene rings is 1. The average Bonchev–Trinajstić information content (AvgIpc) is 4.05. The van der Waals surface area contributed by atoms with Crippen LogP contribution in [-0.2, 0) is 52.0 Å². The van der Waals surface area contributed by atoms with Crippen LogP contribution in [0, 0.1) is 17.8 Å². The molecule has 7 rings (SSSR count). The Morgan fingerprint density at radius 1 is 0.959 bits per heavy atom. The van der Waals surface area contributed by atoms with Crippen molar-refractivity contribution < 1.29 is 61.5 Å². The zero-order valence-electron chi connectivity index (χ0n) is 40.1. The minimum Gasteiger partial charge on any atom is -0.370 e. The predicted molar refractivity (Wildman–Crippen MR) is 266 cm³/mol. The fraction of sp³-hybridized carbons (Fsp3) is 0.412. The molecular weight excluding hydrogens is 988 g/mol. The summed E-state index contributed by atoms with van der Waals surface area (Å²) in [6, 6.07) is 12.1. The lowest BCUT2D eigenvalue weighted by molar-refractivity contribution is -0.137. The Morgan fingerprint density at radius 2 is 1.71 bits per heavy atom. The lowest BCUT2D eigenvalue weighted by atomic mass is 10.0. The quantitative estimate of drug-likeness (QED) is 0.0272. The molecule has 3 aromatic carbocycles. The van der Waals surface area contributed by atoms with Gasteiger partial charge in [0.1, 0.15) is 24.2 Å². The normalized spacial score (nSPS) is 17.3. The Hall–Kier alpha value is -6.85. The fourth-order valence-electron chi connectivity index (χ4n) is 9.18. The van der Waals surface area contributed by atoms with Gasteiger partial charge in [-0.2, -0.15) is 8.78 Å². The van der Waals surface area contributed by atoms with Gasteiger partial charge in [0.25, 0.3) is 11.8 Å². The summed E-state index contributed by atoms with van der Waals surface area (Å²) in [4.78, 5) is 127. The highest BCUT2D eigenvalue weighted by Gasteiger charge is 2.50. The molecule has 0 aliphatic carbocycles. The third-order valence-corrected chi connectivity index (χ3v) is 15.0. The minimum absolute atomic E-state index is 0.0350. The van der Waals surface area contributed by atoms with E-state index in [1.165, 1.54) is 21.9 Å². The smallest absolute Gasteiger partial charge is 0.370 e. The van der Waals surface area contributed by atoms with Crippen molar-refractivity contribution in [2.45, 2.75) is 121 Å². The van der Waals surface area contributed by atoms with Crippen LogP contribution >= 0.6 is 18.9 Å². The van der Waals surface area contributed by atoms with Gasteiger partial charge in [0.15, 0.2) is 0 Å². The van der Waals surface area contributed by atoms with E-state index >= 15 is 0 Å². The van der Waals surface area contributed by atoms with E-state index in [0.29, 0.717) is 39.9 Å². The Kier molecular flexibility index (Phi) is 16.9. The topological polar surface area (TPSA) is 275 Å². The van der Waals surface area contributed by atoms with Gasteiger partial charge in [0, 0.05) is 65.9 Å². The molecule has 0 spiro atoms. The minimum atomic E-state index is -5.86. The number of halogens is 2. The van der Waals surface area contributed by atoms with Crippen LogP contribution in [0.1, 0.15) is 120 Å². The van der Waals surface area contributed by atoms with E-state index in [1.807, 2.05) is 19.9 Å². The predicted octanol–water partition coefficient (Wildman–Crippen LogP) is 4.86. The molecule has 8 amide bonds. The van der Waals surface area contributed by atoms with E-state index in [4.69, 9.17) is 5.73 Å². The highest BCUT2D eigenvalue weighted by atomic mass is 32.1. The van der Waals surface area contributed by atoms with Crippen molar-refractivity contribution in [3.8, 4) is 11.8 Å². The van der Waals surface area contributed by atoms with Crippen molar-refractivity contribution in [2.24, 2.45) is 11.7 Å². The van der Waals surface area contributed by atoms with Gasteiger partial charge in [0.05, 0.1) is 4.88 Å². The van der Waals surface area contributed by atoms with Gasteiger partial charge in [-0.25, -0.2) is 0 Å². The summed E-state index contributed by atoms with van der Waals surface area (Å²) in [5.41, 5.74) is 3.06. The number of anilines is 1. The standard InChI is InChI=1S/C51H56F2N7O11PS/c1-29(2)24-37(57-48(66)42-27-32-25-33(17-20-41(32)73-42)51(52,53)72(69,70)71)50(68)60-38-16-9-8-13-31(38)26-40(60)47(65)56-36(18-21-43(54)61)45(63)55-23-10-6-4-3-5-7-12-30-14-11-15-34-35(30)28-59(49(34)67)39-19-22-44(62)58-46(39)64/h8-9,11,13-17,20,25,27,29,36-37,39-40H,3-6,10,18-19,21-24,26,28H2,1-2H3,(H2,54,61)(H,55,63)(H,56,65)(H,57,66)(H,58,62,64)(H2,69,70,71)/t36-,37-,39?,40-/m0/s1. The Labute approximate surface area is 423 Å². The number of primary amides is 1. The van der Waals surface area contributed by atoms with Gasteiger partial charge >= 0.3 is 13.3 Å². The number of rotatable bonds is 20. The number of unbranched alkanes of at least 4 members (excludes halogenated alkanes) is 4. The molecule has 18 nitrogen and oxygen atoms in total. The summed E-state index contributed by atoms with van der Waals surface area (Å²) in [5.74, 6) is 1.81. The summed E-state index contributed by atoms with van der Waals surface area (Å²) in [5, 5.41) is 10.8. The second-order valence-electron chi connectivity index (χ2n) is 18.7. The number of nitrogens with one attached hydrogen (secondary N) is 4. The van der Waals surface area contributed by atoms with Gasteiger partial charge in [-0.1, -0.05) is 68.9 Å². The van der Waals surface area contributed by atoms with E-state index in [9.17, 15) is 61.5 Å². The Bertz CT molecular complexity index is 2970. The van der Waals surface area contributed by atoms with Gasteiger partial charge in [-0.3, -0.25) is 53.1 Å². The lowest BCUT2D eigenvalue weighted by Crippen LogP contribution is -2.57. The summed E-state index contributed by atoms with van der Waals surface area (Å²) >= 11 is 0.926. The maximum atomic E-state index is 14.7. The number of amides is 8. The number of carbonyl (C=O) groups is 8. The molecule has 1 unspecified atom stereocenters. The Morgan fingerprint density at radius 3 is 2.44 bits per heavy atom. The molecule has 0 bridgehead atoms. The summed E-state index contributed by atoms with van der Waals surface area (Å²) in [7, 11) is -5.86. The van der Waals surface area contributed by atoms with Crippen LogP contribution < -0.4 is 31.9 Å². The van der Waals surface area contributed by atoms with Gasteiger partial charge in [-0.05, 0) is 90.9 Å². The van der Waals surface area contributed by atoms with E-state index in [-0.39, 0.29) is 79.6 Å². The number of piperidine rings is 1. The van der Waals surface area contributed by atoms with E-state index in [1.54, 1.807) is 36.4 Å². The first-order valence-electron chi connectivity index (χ1n) is 24.0. The number of hydrogen-bond acceptors (Lipinski definition) is 10. The molecule has 1 fully saturated rings. The van der Waals surface area contributed by atoms with Crippen molar-refractivity contribution >= 4 is 82.0 Å².